The molecule has 0 saturated carbocycles. The van der Waals surface area contributed by atoms with Gasteiger partial charge in [-0.05, 0) is 76.1 Å². The molecule has 0 saturated heterocycles. The monoisotopic (exact) mass is 578 g/mol. The van der Waals surface area contributed by atoms with E-state index in [1.165, 1.54) is 6.08 Å². The number of rotatable bonds is 6. The number of hydrogen-bond acceptors (Lipinski definition) is 3. The number of nitrogens with zero attached hydrogens (tertiary/aromatic N) is 1. The number of nitrogens with one attached hydrogen (secondary N) is 1. The van der Waals surface area contributed by atoms with Gasteiger partial charge in [0.15, 0.2) is 0 Å². The van der Waals surface area contributed by atoms with Crippen LogP contribution in [-0.2, 0) is 11.4 Å². The van der Waals surface area contributed by atoms with Gasteiger partial charge in [-0.2, -0.15) is 5.26 Å². The van der Waals surface area contributed by atoms with Gasteiger partial charge in [0.1, 0.15) is 24.0 Å². The zero-order valence-electron chi connectivity index (χ0n) is 15.8. The lowest BCUT2D eigenvalue weighted by Crippen LogP contribution is -2.13. The molecule has 8 heteroatoms. The van der Waals surface area contributed by atoms with Crippen molar-refractivity contribution >= 4 is 72.7 Å². The van der Waals surface area contributed by atoms with E-state index >= 15 is 0 Å². The highest BCUT2D eigenvalue weighted by Gasteiger charge is 2.14. The topological polar surface area (TPSA) is 62.1 Å². The lowest BCUT2D eigenvalue weighted by atomic mass is 10.1. The quantitative estimate of drug-likeness (QED) is 0.241. The second-order valence-corrected chi connectivity index (χ2v) is 8.99. The van der Waals surface area contributed by atoms with E-state index in [9.17, 15) is 10.1 Å². The minimum Gasteiger partial charge on any atom is -0.487 e. The molecule has 0 bridgehead atoms. The molecule has 0 spiro atoms. The lowest BCUT2D eigenvalue weighted by Gasteiger charge is -2.13. The second kappa shape index (κ2) is 10.8. The molecule has 3 rings (SSSR count). The van der Waals surface area contributed by atoms with Gasteiger partial charge in [0.2, 0.25) is 0 Å². The van der Waals surface area contributed by atoms with Crippen molar-refractivity contribution in [2.24, 2.45) is 0 Å². The SMILES string of the molecule is N#C/C(=C\c1cc(Br)cc(Br)c1OCc1ccc(Cl)cc1)C(=O)Nc1ccc(Cl)cc1. The number of ether oxygens (including phenoxy) is 1. The maximum absolute atomic E-state index is 12.6. The standard InChI is InChI=1S/C23H14Br2Cl2N2O2/c24-17-10-15(9-16(12-28)23(30)29-20-7-5-19(27)6-8-20)22(21(25)11-17)31-13-14-1-3-18(26)4-2-14/h1-11H,13H2,(H,29,30)/b16-9+. The smallest absolute Gasteiger partial charge is 0.266 e. The minimum atomic E-state index is -0.537. The third-order valence-corrected chi connectivity index (χ3v) is 5.65. The van der Waals surface area contributed by atoms with Crippen LogP contribution in [0.15, 0.2) is 75.2 Å². The summed E-state index contributed by atoms with van der Waals surface area (Å²) in [6.45, 7) is 0.289. The largest absolute Gasteiger partial charge is 0.487 e. The molecule has 0 aromatic heterocycles. The molecule has 0 heterocycles. The molecule has 0 unspecified atom stereocenters. The van der Waals surface area contributed by atoms with Crippen molar-refractivity contribution in [3.8, 4) is 11.8 Å². The predicted molar refractivity (Wildman–Crippen MR) is 131 cm³/mol. The summed E-state index contributed by atoms with van der Waals surface area (Å²) in [7, 11) is 0. The van der Waals surface area contributed by atoms with Crippen LogP contribution in [0.3, 0.4) is 0 Å². The van der Waals surface area contributed by atoms with E-state index in [2.05, 4.69) is 37.2 Å². The van der Waals surface area contributed by atoms with E-state index in [0.29, 0.717) is 31.5 Å². The van der Waals surface area contributed by atoms with Crippen LogP contribution >= 0.6 is 55.1 Å². The number of hydrogen-bond donors (Lipinski definition) is 1. The summed E-state index contributed by atoms with van der Waals surface area (Å²) in [5.74, 6) is -0.0326. The summed E-state index contributed by atoms with van der Waals surface area (Å²) in [6.07, 6.45) is 1.48. The van der Waals surface area contributed by atoms with Crippen LogP contribution in [-0.4, -0.2) is 5.91 Å². The first-order valence-corrected chi connectivity index (χ1v) is 11.2. The van der Waals surface area contributed by atoms with Gasteiger partial charge in [-0.3, -0.25) is 4.79 Å². The number of halogens is 4. The first-order valence-electron chi connectivity index (χ1n) is 8.90. The lowest BCUT2D eigenvalue weighted by molar-refractivity contribution is -0.112. The Hall–Kier alpha value is -2.30. The molecule has 3 aromatic carbocycles. The normalized spacial score (nSPS) is 11.0. The predicted octanol–water partition coefficient (Wildman–Crippen LogP) is 7.64. The average Bonchev–Trinajstić information content (AvgIpc) is 2.74. The van der Waals surface area contributed by atoms with Gasteiger partial charge in [-0.1, -0.05) is 51.3 Å². The van der Waals surface area contributed by atoms with Crippen LogP contribution in [0.4, 0.5) is 5.69 Å². The molecule has 3 aromatic rings. The van der Waals surface area contributed by atoms with E-state index in [4.69, 9.17) is 27.9 Å². The van der Waals surface area contributed by atoms with Gasteiger partial charge in [0.05, 0.1) is 4.47 Å². The number of benzene rings is 3. The number of nitriles is 1. The van der Waals surface area contributed by atoms with Crippen LogP contribution < -0.4 is 10.1 Å². The van der Waals surface area contributed by atoms with Crippen LogP contribution in [0.25, 0.3) is 6.08 Å². The fraction of sp³-hybridized carbons (Fsp3) is 0.0435. The summed E-state index contributed by atoms with van der Waals surface area (Å²) in [4.78, 5) is 12.6. The van der Waals surface area contributed by atoms with Crippen molar-refractivity contribution in [1.82, 2.24) is 0 Å². The van der Waals surface area contributed by atoms with Crippen molar-refractivity contribution < 1.29 is 9.53 Å². The van der Waals surface area contributed by atoms with Crippen molar-refractivity contribution in [2.75, 3.05) is 5.32 Å². The molecule has 4 nitrogen and oxygen atoms in total. The van der Waals surface area contributed by atoms with Gasteiger partial charge in [0.25, 0.3) is 5.91 Å². The molecule has 0 radical (unpaired) electrons. The van der Waals surface area contributed by atoms with E-state index in [1.54, 1.807) is 42.5 Å². The summed E-state index contributed by atoms with van der Waals surface area (Å²) in [5, 5.41) is 13.4. The fourth-order valence-corrected chi connectivity index (χ4v) is 4.24. The highest BCUT2D eigenvalue weighted by molar-refractivity contribution is 9.11. The first kappa shape index (κ1) is 23.4. The minimum absolute atomic E-state index is 0.0729. The van der Waals surface area contributed by atoms with Gasteiger partial charge in [-0.25, -0.2) is 0 Å². The van der Waals surface area contributed by atoms with Gasteiger partial charge in [0, 0.05) is 25.8 Å². The number of anilines is 1. The number of carbonyl (C=O) groups excluding carboxylic acids is 1. The van der Waals surface area contributed by atoms with Gasteiger partial charge in [-0.15, -0.1) is 0 Å². The molecular formula is C23H14Br2Cl2N2O2. The van der Waals surface area contributed by atoms with Crippen LogP contribution in [0.2, 0.25) is 10.0 Å². The molecule has 0 aliphatic heterocycles. The van der Waals surface area contributed by atoms with E-state index in [0.717, 1.165) is 10.0 Å². The zero-order chi connectivity index (χ0) is 22.4. The van der Waals surface area contributed by atoms with Crippen LogP contribution in [0.5, 0.6) is 5.75 Å². The Morgan fingerprint density at radius 3 is 2.26 bits per heavy atom. The summed E-state index contributed by atoms with van der Waals surface area (Å²) < 4.78 is 7.44. The average molecular weight is 581 g/mol. The molecule has 31 heavy (non-hydrogen) atoms. The van der Waals surface area contributed by atoms with Crippen LogP contribution in [0.1, 0.15) is 11.1 Å². The summed E-state index contributed by atoms with van der Waals surface area (Å²) in [6, 6.07) is 19.5. The van der Waals surface area contributed by atoms with Gasteiger partial charge < -0.3 is 10.1 Å². The van der Waals surface area contributed by atoms with E-state index in [1.807, 2.05) is 24.3 Å². The molecule has 1 amide bonds. The Balaban J connectivity index is 1.87. The maximum atomic E-state index is 12.6. The molecule has 0 aliphatic rings. The van der Waals surface area contributed by atoms with Gasteiger partial charge >= 0.3 is 0 Å². The summed E-state index contributed by atoms with van der Waals surface area (Å²) in [5.41, 5.74) is 1.95. The molecule has 1 N–H and O–H groups in total. The second-order valence-electron chi connectivity index (χ2n) is 6.35. The van der Waals surface area contributed by atoms with Crippen molar-refractivity contribution in [3.63, 3.8) is 0 Å². The Labute approximate surface area is 206 Å². The van der Waals surface area contributed by atoms with Crippen molar-refractivity contribution in [2.45, 2.75) is 6.61 Å². The van der Waals surface area contributed by atoms with E-state index < -0.39 is 5.91 Å². The number of carbonyl (C=O) groups is 1. The molecule has 0 atom stereocenters. The first-order chi connectivity index (χ1) is 14.9. The maximum Gasteiger partial charge on any atom is 0.266 e. The zero-order valence-corrected chi connectivity index (χ0v) is 20.5. The highest BCUT2D eigenvalue weighted by atomic mass is 79.9. The Morgan fingerprint density at radius 1 is 1.03 bits per heavy atom. The van der Waals surface area contributed by atoms with E-state index in [-0.39, 0.29) is 12.2 Å². The van der Waals surface area contributed by atoms with Crippen molar-refractivity contribution in [3.05, 3.63) is 96.4 Å². The Kier molecular flexibility index (Phi) is 8.16. The number of amides is 1. The molecule has 0 fully saturated rings. The molecular weight excluding hydrogens is 567 g/mol. The Morgan fingerprint density at radius 2 is 1.65 bits per heavy atom. The van der Waals surface area contributed by atoms with Crippen LogP contribution in [0, 0.1) is 11.3 Å². The molecule has 0 aliphatic carbocycles. The third-order valence-electron chi connectivity index (χ3n) is 4.10. The third kappa shape index (κ3) is 6.59. The molecule has 156 valence electrons. The summed E-state index contributed by atoms with van der Waals surface area (Å²) >= 11 is 18.7. The Bertz CT molecular complexity index is 1170. The fourth-order valence-electron chi connectivity index (χ4n) is 2.61. The highest BCUT2D eigenvalue weighted by Crippen LogP contribution is 2.35. The van der Waals surface area contributed by atoms with Crippen molar-refractivity contribution in [1.29, 1.82) is 5.26 Å².